The quantitative estimate of drug-likeness (QED) is 0.454. The molecule has 0 radical (unpaired) electrons. The summed E-state index contributed by atoms with van der Waals surface area (Å²) in [5.74, 6) is 0. The van der Waals surface area contributed by atoms with Crippen LogP contribution in [-0.2, 0) is 10.0 Å². The lowest BCUT2D eigenvalue weighted by Crippen LogP contribution is -2.27. The third-order valence-corrected chi connectivity index (χ3v) is 7.18. The van der Waals surface area contributed by atoms with Crippen LogP contribution >= 0.6 is 23.2 Å². The average molecular weight is 474 g/mol. The Kier molecular flexibility index (Phi) is 5.85. The molecule has 1 heterocycles. The Morgan fingerprint density at radius 1 is 0.968 bits per heavy atom. The SMILES string of the molecule is C[C@@H](NS(=O)(=O)c1ccc(-n2ncc(Cl)c(Cl)c2=O)cc1)c1ccc2ccccc2c1. The summed E-state index contributed by atoms with van der Waals surface area (Å²) >= 11 is 11.7. The lowest BCUT2D eigenvalue weighted by molar-refractivity contribution is 0.567. The predicted molar refractivity (Wildman–Crippen MR) is 123 cm³/mol. The van der Waals surface area contributed by atoms with Gasteiger partial charge in [-0.25, -0.2) is 13.1 Å². The summed E-state index contributed by atoms with van der Waals surface area (Å²) in [4.78, 5) is 12.3. The monoisotopic (exact) mass is 473 g/mol. The van der Waals surface area contributed by atoms with Gasteiger partial charge in [-0.3, -0.25) is 4.79 Å². The fourth-order valence-electron chi connectivity index (χ4n) is 3.21. The van der Waals surface area contributed by atoms with Gasteiger partial charge in [-0.15, -0.1) is 0 Å². The molecule has 0 aliphatic rings. The lowest BCUT2D eigenvalue weighted by Gasteiger charge is -2.16. The second kappa shape index (κ2) is 8.43. The Bertz CT molecular complexity index is 1430. The van der Waals surface area contributed by atoms with Gasteiger partial charge in [-0.05, 0) is 53.6 Å². The fraction of sp³-hybridized carbons (Fsp3) is 0.0909. The summed E-state index contributed by atoms with van der Waals surface area (Å²) in [5, 5.41) is 5.96. The number of hydrogen-bond donors (Lipinski definition) is 1. The van der Waals surface area contributed by atoms with Gasteiger partial charge in [0.1, 0.15) is 5.02 Å². The van der Waals surface area contributed by atoms with E-state index in [2.05, 4.69) is 9.82 Å². The van der Waals surface area contributed by atoms with E-state index in [9.17, 15) is 13.2 Å². The summed E-state index contributed by atoms with van der Waals surface area (Å²) in [6.07, 6.45) is 1.25. The maximum atomic E-state index is 12.9. The van der Waals surface area contributed by atoms with E-state index in [-0.39, 0.29) is 14.9 Å². The topological polar surface area (TPSA) is 81.1 Å². The van der Waals surface area contributed by atoms with Crippen molar-refractivity contribution in [2.45, 2.75) is 17.9 Å². The van der Waals surface area contributed by atoms with Crippen LogP contribution in [0.1, 0.15) is 18.5 Å². The van der Waals surface area contributed by atoms with Crippen molar-refractivity contribution in [3.63, 3.8) is 0 Å². The number of hydrogen-bond acceptors (Lipinski definition) is 4. The number of nitrogens with zero attached hydrogens (tertiary/aromatic N) is 2. The Morgan fingerprint density at radius 2 is 1.65 bits per heavy atom. The smallest absolute Gasteiger partial charge is 0.266 e. The zero-order valence-electron chi connectivity index (χ0n) is 16.3. The molecule has 1 aromatic heterocycles. The molecule has 1 atom stereocenters. The van der Waals surface area contributed by atoms with E-state index < -0.39 is 21.6 Å². The van der Waals surface area contributed by atoms with E-state index in [0.29, 0.717) is 5.69 Å². The third-order valence-electron chi connectivity index (χ3n) is 4.87. The van der Waals surface area contributed by atoms with Crippen molar-refractivity contribution in [2.75, 3.05) is 0 Å². The van der Waals surface area contributed by atoms with Gasteiger partial charge >= 0.3 is 0 Å². The Hall–Kier alpha value is -2.71. The minimum Gasteiger partial charge on any atom is -0.266 e. The molecule has 0 amide bonds. The highest BCUT2D eigenvalue weighted by Gasteiger charge is 2.19. The molecule has 0 saturated carbocycles. The van der Waals surface area contributed by atoms with Crippen LogP contribution in [0.15, 0.2) is 82.6 Å². The van der Waals surface area contributed by atoms with Crippen molar-refractivity contribution in [1.29, 1.82) is 0 Å². The maximum absolute atomic E-state index is 12.9. The van der Waals surface area contributed by atoms with Crippen molar-refractivity contribution < 1.29 is 8.42 Å². The molecule has 0 spiro atoms. The molecule has 0 bridgehead atoms. The summed E-state index contributed by atoms with van der Waals surface area (Å²) in [5.41, 5.74) is 0.628. The number of rotatable bonds is 5. The van der Waals surface area contributed by atoms with Gasteiger partial charge in [-0.1, -0.05) is 59.6 Å². The van der Waals surface area contributed by atoms with Crippen LogP contribution in [0.3, 0.4) is 0 Å². The van der Waals surface area contributed by atoms with Crippen LogP contribution in [0.4, 0.5) is 0 Å². The molecule has 0 unspecified atom stereocenters. The van der Waals surface area contributed by atoms with Crippen LogP contribution in [0, 0.1) is 0 Å². The van der Waals surface area contributed by atoms with E-state index in [0.717, 1.165) is 21.0 Å². The van der Waals surface area contributed by atoms with Crippen molar-refractivity contribution >= 4 is 44.0 Å². The molecule has 3 aromatic carbocycles. The third kappa shape index (κ3) is 4.36. The number of fused-ring (bicyclic) bond motifs is 1. The fourth-order valence-corrected chi connectivity index (χ4v) is 4.69. The van der Waals surface area contributed by atoms with Gasteiger partial charge in [0.2, 0.25) is 10.0 Å². The molecule has 0 aliphatic carbocycles. The van der Waals surface area contributed by atoms with Crippen molar-refractivity contribution in [3.8, 4) is 5.69 Å². The van der Waals surface area contributed by atoms with Gasteiger partial charge in [0, 0.05) is 6.04 Å². The van der Waals surface area contributed by atoms with Gasteiger partial charge in [-0.2, -0.15) is 9.78 Å². The first-order valence-corrected chi connectivity index (χ1v) is 11.5. The highest BCUT2D eigenvalue weighted by Crippen LogP contribution is 2.23. The molecule has 0 saturated heterocycles. The van der Waals surface area contributed by atoms with Gasteiger partial charge in [0.05, 0.1) is 21.8 Å². The predicted octanol–water partition coefficient (Wildman–Crippen LogP) is 4.73. The van der Waals surface area contributed by atoms with Gasteiger partial charge in [0.25, 0.3) is 5.56 Å². The second-order valence-corrected chi connectivity index (χ2v) is 9.47. The Balaban J connectivity index is 1.58. The number of sulfonamides is 1. The summed E-state index contributed by atoms with van der Waals surface area (Å²) in [6, 6.07) is 19.1. The first-order chi connectivity index (χ1) is 14.8. The molecule has 6 nitrogen and oxygen atoms in total. The zero-order valence-corrected chi connectivity index (χ0v) is 18.6. The maximum Gasteiger partial charge on any atom is 0.291 e. The molecule has 1 N–H and O–H groups in total. The molecule has 158 valence electrons. The van der Waals surface area contributed by atoms with Crippen LogP contribution in [0.2, 0.25) is 10.0 Å². The molecule has 9 heteroatoms. The zero-order chi connectivity index (χ0) is 22.2. The van der Waals surface area contributed by atoms with Crippen molar-refractivity contribution in [3.05, 3.63) is 98.9 Å². The number of nitrogens with one attached hydrogen (secondary N) is 1. The summed E-state index contributed by atoms with van der Waals surface area (Å²) < 4.78 is 29.5. The molecular formula is C22H17Cl2N3O3S. The standard InChI is InChI=1S/C22H17Cl2N3O3S/c1-14(16-7-6-15-4-2-3-5-17(15)12-16)26-31(29,30)19-10-8-18(9-11-19)27-22(28)21(24)20(23)13-25-27/h2-14,26H,1H3/t14-/m1/s1. The van der Waals surface area contributed by atoms with Crippen molar-refractivity contribution in [2.24, 2.45) is 0 Å². The van der Waals surface area contributed by atoms with Crippen LogP contribution in [-0.4, -0.2) is 18.2 Å². The number of halogens is 2. The van der Waals surface area contributed by atoms with E-state index >= 15 is 0 Å². The summed E-state index contributed by atoms with van der Waals surface area (Å²) in [6.45, 7) is 1.79. The molecule has 31 heavy (non-hydrogen) atoms. The first kappa shape index (κ1) is 21.5. The van der Waals surface area contributed by atoms with Crippen LogP contribution in [0.5, 0.6) is 0 Å². The highest BCUT2D eigenvalue weighted by atomic mass is 35.5. The molecular weight excluding hydrogens is 457 g/mol. The first-order valence-electron chi connectivity index (χ1n) is 9.31. The second-order valence-electron chi connectivity index (χ2n) is 6.97. The van der Waals surface area contributed by atoms with E-state index in [1.54, 1.807) is 6.92 Å². The van der Waals surface area contributed by atoms with E-state index in [1.807, 2.05) is 42.5 Å². The lowest BCUT2D eigenvalue weighted by atomic mass is 10.0. The molecule has 4 aromatic rings. The molecule has 0 aliphatic heterocycles. The van der Waals surface area contributed by atoms with Gasteiger partial charge in [0.15, 0.2) is 0 Å². The highest BCUT2D eigenvalue weighted by molar-refractivity contribution is 7.89. The Morgan fingerprint density at radius 3 is 2.35 bits per heavy atom. The van der Waals surface area contributed by atoms with E-state index in [1.165, 1.54) is 30.5 Å². The van der Waals surface area contributed by atoms with E-state index in [4.69, 9.17) is 23.2 Å². The minimum absolute atomic E-state index is 0.0500. The Labute approximate surface area is 189 Å². The normalized spacial score (nSPS) is 12.7. The average Bonchev–Trinajstić information content (AvgIpc) is 2.77. The minimum atomic E-state index is -3.79. The number of aromatic nitrogens is 2. The van der Waals surface area contributed by atoms with Crippen LogP contribution < -0.4 is 10.3 Å². The molecule has 4 rings (SSSR count). The largest absolute Gasteiger partial charge is 0.291 e. The molecule has 0 fully saturated rings. The van der Waals surface area contributed by atoms with Crippen LogP contribution in [0.25, 0.3) is 16.5 Å². The van der Waals surface area contributed by atoms with Crippen molar-refractivity contribution in [1.82, 2.24) is 14.5 Å². The summed E-state index contributed by atoms with van der Waals surface area (Å²) in [7, 11) is -3.79. The van der Waals surface area contributed by atoms with Gasteiger partial charge < -0.3 is 0 Å². The number of benzene rings is 3.